The monoisotopic (exact) mass is 487 g/mol. The van der Waals surface area contributed by atoms with E-state index < -0.39 is 8.41 Å². The first-order valence-electron chi connectivity index (χ1n) is 8.62. The minimum absolute atomic E-state index is 0.233. The van der Waals surface area contributed by atoms with E-state index in [4.69, 9.17) is 0 Å². The molecule has 0 aromatic heterocycles. The van der Waals surface area contributed by atoms with Crippen LogP contribution in [0.25, 0.3) is 0 Å². The van der Waals surface area contributed by atoms with Gasteiger partial charge >= 0.3 is 158 Å². The molecule has 2 heteroatoms. The molecule has 0 aromatic carbocycles. The van der Waals surface area contributed by atoms with Crippen molar-refractivity contribution in [2.45, 2.75) is 50.4 Å². The molecule has 3 rings (SSSR count). The van der Waals surface area contributed by atoms with Gasteiger partial charge in [0.1, 0.15) is 0 Å². The third kappa shape index (κ3) is 2.35. The fraction of sp³-hybridized carbons (Fsp3) is 0.476. The van der Waals surface area contributed by atoms with Gasteiger partial charge in [-0.2, -0.15) is 0 Å². The van der Waals surface area contributed by atoms with Gasteiger partial charge < -0.3 is 0 Å². The Morgan fingerprint density at radius 3 is 2.43 bits per heavy atom. The molecule has 3 aliphatic rings. The molecule has 0 N–H and O–H groups in total. The van der Waals surface area contributed by atoms with Gasteiger partial charge in [-0.1, -0.05) is 0 Å². The summed E-state index contributed by atoms with van der Waals surface area (Å²) in [6.45, 7) is 14.7. The average Bonchev–Trinajstić information content (AvgIpc) is 3.01. The van der Waals surface area contributed by atoms with Crippen molar-refractivity contribution in [1.82, 2.24) is 0 Å². The summed E-state index contributed by atoms with van der Waals surface area (Å²) in [7, 11) is -0.413. The summed E-state index contributed by atoms with van der Waals surface area (Å²) < 4.78 is 0.248. The van der Waals surface area contributed by atoms with Crippen molar-refractivity contribution in [2.24, 2.45) is 11.3 Å². The molecule has 2 atom stereocenters. The SMILES string of the molecule is CC1=C2C(=CC=CC(=[Si](C)C)C2C)[C]([Hf])(C2=CC=CC2)C1(C)C. The predicted molar refractivity (Wildman–Crippen MR) is 99.9 cm³/mol. The van der Waals surface area contributed by atoms with Crippen molar-refractivity contribution >= 4 is 13.6 Å². The third-order valence-electron chi connectivity index (χ3n) is 6.24. The summed E-state index contributed by atoms with van der Waals surface area (Å²) in [6, 6.07) is 0. The summed E-state index contributed by atoms with van der Waals surface area (Å²) in [5.74, 6) is 0.578. The first kappa shape index (κ1) is 17.5. The summed E-state index contributed by atoms with van der Waals surface area (Å²) in [5.41, 5.74) is 6.78. The third-order valence-corrected chi connectivity index (χ3v) is 12.4. The van der Waals surface area contributed by atoms with E-state index in [0.717, 1.165) is 6.42 Å². The quantitative estimate of drug-likeness (QED) is 0.426. The van der Waals surface area contributed by atoms with Crippen molar-refractivity contribution in [3.63, 3.8) is 0 Å². The maximum absolute atomic E-state index is 2.48. The molecule has 3 aliphatic carbocycles. The number of fused-ring (bicyclic) bond motifs is 1. The number of rotatable bonds is 1. The number of allylic oxidation sites excluding steroid dienone is 10. The Morgan fingerprint density at radius 1 is 1.17 bits per heavy atom. The van der Waals surface area contributed by atoms with Crippen LogP contribution in [0, 0.1) is 11.3 Å². The Labute approximate surface area is 157 Å². The van der Waals surface area contributed by atoms with Gasteiger partial charge in [-0.15, -0.1) is 0 Å². The maximum atomic E-state index is 2.48. The van der Waals surface area contributed by atoms with Crippen LogP contribution >= 0.6 is 0 Å². The van der Waals surface area contributed by atoms with Crippen LogP contribution in [0.5, 0.6) is 0 Å². The van der Waals surface area contributed by atoms with Crippen LogP contribution in [0.2, 0.25) is 16.3 Å². The second-order valence-electron chi connectivity index (χ2n) is 7.85. The van der Waals surface area contributed by atoms with Gasteiger partial charge in [0.2, 0.25) is 0 Å². The Kier molecular flexibility index (Phi) is 4.47. The van der Waals surface area contributed by atoms with Crippen LogP contribution in [-0.4, -0.2) is 13.6 Å². The summed E-state index contributed by atoms with van der Waals surface area (Å²) >= 11 is 1.17. The second kappa shape index (κ2) is 5.88. The molecular weight excluding hydrogens is 459 g/mol. The summed E-state index contributed by atoms with van der Waals surface area (Å²) in [6.07, 6.45) is 15.3. The standard InChI is InChI=1S/C21H27Si.Hf/c1-14-18(22(5)6)13-9-12-17-19(14)15(2)21(3,4)20(17)16-10-7-8-11-16;/h7-10,12-14H,11H2,1-6H3;. The van der Waals surface area contributed by atoms with E-state index in [9.17, 15) is 0 Å². The number of hydrogen-bond acceptors (Lipinski definition) is 0. The second-order valence-corrected chi connectivity index (χ2v) is 13.1. The molecule has 0 saturated heterocycles. The minimum atomic E-state index is -0.413. The molecule has 0 aromatic rings. The predicted octanol–water partition coefficient (Wildman–Crippen LogP) is 5.58. The van der Waals surface area contributed by atoms with Crippen LogP contribution in [0.4, 0.5) is 0 Å². The van der Waals surface area contributed by atoms with Gasteiger partial charge in [0.25, 0.3) is 0 Å². The van der Waals surface area contributed by atoms with E-state index in [1.54, 1.807) is 27.5 Å². The summed E-state index contributed by atoms with van der Waals surface area (Å²) in [4.78, 5) is 0. The molecule has 0 saturated carbocycles. The van der Waals surface area contributed by atoms with Crippen LogP contribution in [0.3, 0.4) is 0 Å². The summed E-state index contributed by atoms with van der Waals surface area (Å²) in [5, 5.41) is 1.68. The Bertz CT molecular complexity index is 736. The van der Waals surface area contributed by atoms with Crippen LogP contribution in [-0.2, 0) is 24.4 Å². The van der Waals surface area contributed by atoms with E-state index in [-0.39, 0.29) is 8.59 Å². The van der Waals surface area contributed by atoms with Gasteiger partial charge in [-0.3, -0.25) is 0 Å². The Morgan fingerprint density at radius 2 is 1.87 bits per heavy atom. The van der Waals surface area contributed by atoms with Crippen molar-refractivity contribution in [1.29, 1.82) is 0 Å². The zero-order chi connectivity index (χ0) is 17.0. The van der Waals surface area contributed by atoms with E-state index in [1.807, 2.05) is 0 Å². The normalized spacial score (nSPS) is 31.9. The molecule has 0 spiro atoms. The van der Waals surface area contributed by atoms with Crippen LogP contribution in [0.1, 0.15) is 34.1 Å². The average molecular weight is 486 g/mol. The zero-order valence-corrected chi connectivity index (χ0v) is 19.8. The fourth-order valence-corrected chi connectivity index (χ4v) is 8.14. The van der Waals surface area contributed by atoms with Crippen molar-refractivity contribution in [2.75, 3.05) is 0 Å². The molecule has 0 heterocycles. The van der Waals surface area contributed by atoms with E-state index in [0.29, 0.717) is 5.92 Å². The first-order valence-corrected chi connectivity index (χ1v) is 12.9. The van der Waals surface area contributed by atoms with Gasteiger partial charge in [-0.25, -0.2) is 0 Å². The zero-order valence-electron chi connectivity index (χ0n) is 15.2. The van der Waals surface area contributed by atoms with E-state index in [2.05, 4.69) is 77.2 Å². The van der Waals surface area contributed by atoms with Gasteiger partial charge in [0, 0.05) is 0 Å². The molecule has 0 aliphatic heterocycles. The van der Waals surface area contributed by atoms with Crippen LogP contribution in [0.15, 0.2) is 58.7 Å². The van der Waals surface area contributed by atoms with Gasteiger partial charge in [-0.05, 0) is 0 Å². The molecule has 2 unspecified atom stereocenters. The van der Waals surface area contributed by atoms with Gasteiger partial charge in [0.15, 0.2) is 0 Å². The number of hydrogen-bond donors (Lipinski definition) is 0. The van der Waals surface area contributed by atoms with Crippen molar-refractivity contribution in [3.05, 3.63) is 58.7 Å². The molecule has 0 radical (unpaired) electrons. The first-order chi connectivity index (χ1) is 10.7. The Hall–Kier alpha value is -0.343. The topological polar surface area (TPSA) is 0 Å². The molecule has 0 nitrogen and oxygen atoms in total. The Balaban J connectivity index is 2.24. The molecule has 0 bridgehead atoms. The molecule has 119 valence electrons. The molecular formula is C21H27HfSi. The van der Waals surface area contributed by atoms with Crippen molar-refractivity contribution in [3.8, 4) is 0 Å². The van der Waals surface area contributed by atoms with Crippen molar-refractivity contribution < 1.29 is 24.4 Å². The molecule has 0 fully saturated rings. The molecule has 23 heavy (non-hydrogen) atoms. The van der Waals surface area contributed by atoms with Crippen LogP contribution < -0.4 is 0 Å². The molecule has 0 amide bonds. The fourth-order valence-electron chi connectivity index (χ4n) is 4.58. The van der Waals surface area contributed by atoms with E-state index in [1.165, 1.54) is 24.4 Å². The van der Waals surface area contributed by atoms with Gasteiger partial charge in [0.05, 0.1) is 0 Å². The van der Waals surface area contributed by atoms with E-state index >= 15 is 0 Å².